The number of hydrogen-bond donors (Lipinski definition) is 1. The van der Waals surface area contributed by atoms with Gasteiger partial charge in [-0.3, -0.25) is 9.48 Å². The van der Waals surface area contributed by atoms with Crippen molar-refractivity contribution in [2.24, 2.45) is 7.05 Å². The first kappa shape index (κ1) is 16.9. The number of nitrogens with one attached hydrogen (secondary N) is 1. The normalized spacial score (nSPS) is 12.2. The van der Waals surface area contributed by atoms with Crippen LogP contribution < -0.4 is 5.32 Å². The Kier molecular flexibility index (Phi) is 4.65. The van der Waals surface area contributed by atoms with Gasteiger partial charge >= 0.3 is 0 Å². The van der Waals surface area contributed by atoms with Crippen LogP contribution in [0.4, 0.5) is 0 Å². The van der Waals surface area contributed by atoms with Gasteiger partial charge in [-0.2, -0.15) is 10.2 Å². The van der Waals surface area contributed by atoms with Crippen molar-refractivity contribution in [1.82, 2.24) is 29.9 Å². The van der Waals surface area contributed by atoms with Gasteiger partial charge in [0, 0.05) is 18.3 Å². The zero-order valence-electron chi connectivity index (χ0n) is 14.9. The van der Waals surface area contributed by atoms with Crippen LogP contribution in [0, 0.1) is 13.8 Å². The predicted octanol–water partition coefficient (Wildman–Crippen LogP) is 2.04. The summed E-state index contributed by atoms with van der Waals surface area (Å²) >= 11 is 0. The van der Waals surface area contributed by atoms with Gasteiger partial charge in [-0.25, -0.2) is 9.67 Å². The number of nitrogens with zero attached hydrogens (tertiary/aromatic N) is 5. The van der Waals surface area contributed by atoms with Crippen LogP contribution in [0.3, 0.4) is 0 Å². The van der Waals surface area contributed by atoms with E-state index in [1.54, 1.807) is 11.0 Å². The number of benzene rings is 1. The lowest BCUT2D eigenvalue weighted by Gasteiger charge is -2.15. The molecule has 25 heavy (non-hydrogen) atoms. The van der Waals surface area contributed by atoms with E-state index in [0.29, 0.717) is 6.42 Å². The van der Waals surface area contributed by atoms with Crippen molar-refractivity contribution in [1.29, 1.82) is 0 Å². The maximum absolute atomic E-state index is 12.4. The van der Waals surface area contributed by atoms with Crippen molar-refractivity contribution in [3.05, 3.63) is 59.4 Å². The number of aryl methyl sites for hydroxylation is 2. The molecule has 7 heteroatoms. The molecule has 130 valence electrons. The summed E-state index contributed by atoms with van der Waals surface area (Å²) in [5, 5.41) is 11.5. The Morgan fingerprint density at radius 1 is 1.24 bits per heavy atom. The fourth-order valence-corrected chi connectivity index (χ4v) is 2.87. The van der Waals surface area contributed by atoms with Crippen LogP contribution in [-0.4, -0.2) is 30.5 Å². The van der Waals surface area contributed by atoms with E-state index in [1.165, 1.54) is 6.33 Å². The zero-order chi connectivity index (χ0) is 18.0. The molecule has 0 fully saturated rings. The van der Waals surface area contributed by atoms with Gasteiger partial charge in [-0.15, -0.1) is 0 Å². The maximum Gasteiger partial charge on any atom is 0.225 e. The molecule has 0 aliphatic rings. The van der Waals surface area contributed by atoms with Gasteiger partial charge in [-0.1, -0.05) is 12.1 Å². The smallest absolute Gasteiger partial charge is 0.225 e. The Morgan fingerprint density at radius 2 is 1.96 bits per heavy atom. The monoisotopic (exact) mass is 338 g/mol. The molecule has 0 aliphatic heterocycles. The molecule has 3 aromatic rings. The highest BCUT2D eigenvalue weighted by Gasteiger charge is 2.15. The Hall–Kier alpha value is -2.96. The zero-order valence-corrected chi connectivity index (χ0v) is 14.9. The standard InChI is InChI=1S/C18H22N6O/c1-12(15-5-7-16(8-6-15)24-11-19-10-20-24)21-18(25)9-17-13(2)22-23(4)14(17)3/h5-8,10-12H,9H2,1-4H3,(H,21,25)/t12-/m1/s1. The summed E-state index contributed by atoms with van der Waals surface area (Å²) in [7, 11) is 1.89. The summed E-state index contributed by atoms with van der Waals surface area (Å²) < 4.78 is 3.51. The van der Waals surface area contributed by atoms with Crippen LogP contribution >= 0.6 is 0 Å². The first-order chi connectivity index (χ1) is 12.0. The molecule has 2 aromatic heterocycles. The van der Waals surface area contributed by atoms with Gasteiger partial charge in [0.2, 0.25) is 5.91 Å². The van der Waals surface area contributed by atoms with E-state index >= 15 is 0 Å². The quantitative estimate of drug-likeness (QED) is 0.772. The van der Waals surface area contributed by atoms with Gasteiger partial charge in [0.05, 0.1) is 23.8 Å². The Labute approximate surface area is 146 Å². The van der Waals surface area contributed by atoms with Crippen LogP contribution in [0.5, 0.6) is 0 Å². The van der Waals surface area contributed by atoms with Crippen molar-refractivity contribution in [2.45, 2.75) is 33.2 Å². The molecule has 0 unspecified atom stereocenters. The lowest BCUT2D eigenvalue weighted by Crippen LogP contribution is -2.28. The minimum atomic E-state index is -0.0745. The third-order valence-corrected chi connectivity index (χ3v) is 4.45. The Bertz CT molecular complexity index is 864. The second-order valence-corrected chi connectivity index (χ2v) is 6.17. The molecular formula is C18H22N6O. The van der Waals surface area contributed by atoms with Gasteiger partial charge in [-0.05, 0) is 38.5 Å². The Balaban J connectivity index is 1.65. The summed E-state index contributed by atoms with van der Waals surface area (Å²) in [5.74, 6) is -0.00736. The van der Waals surface area contributed by atoms with E-state index < -0.39 is 0 Å². The number of amides is 1. The number of carbonyl (C=O) groups excluding carboxylic acids is 1. The van der Waals surface area contributed by atoms with Crippen molar-refractivity contribution >= 4 is 5.91 Å². The molecular weight excluding hydrogens is 316 g/mol. The van der Waals surface area contributed by atoms with Gasteiger partial charge < -0.3 is 5.32 Å². The largest absolute Gasteiger partial charge is 0.349 e. The lowest BCUT2D eigenvalue weighted by molar-refractivity contribution is -0.121. The summed E-state index contributed by atoms with van der Waals surface area (Å²) in [6.07, 6.45) is 3.49. The molecule has 1 aromatic carbocycles. The molecule has 3 rings (SSSR count). The third kappa shape index (κ3) is 3.60. The second kappa shape index (κ2) is 6.88. The topological polar surface area (TPSA) is 77.6 Å². The minimum absolute atomic E-state index is 0.00736. The number of aromatic nitrogens is 5. The van der Waals surface area contributed by atoms with Crippen molar-refractivity contribution in [3.8, 4) is 5.69 Å². The average molecular weight is 338 g/mol. The lowest BCUT2D eigenvalue weighted by atomic mass is 10.1. The molecule has 1 atom stereocenters. The average Bonchev–Trinajstić information content (AvgIpc) is 3.20. The highest BCUT2D eigenvalue weighted by atomic mass is 16.1. The molecule has 0 radical (unpaired) electrons. The first-order valence-electron chi connectivity index (χ1n) is 8.19. The second-order valence-electron chi connectivity index (χ2n) is 6.17. The highest BCUT2D eigenvalue weighted by molar-refractivity contribution is 5.79. The van der Waals surface area contributed by atoms with Crippen molar-refractivity contribution in [3.63, 3.8) is 0 Å². The number of hydrogen-bond acceptors (Lipinski definition) is 4. The number of carbonyl (C=O) groups is 1. The summed E-state index contributed by atoms with van der Waals surface area (Å²) in [6.45, 7) is 5.89. The summed E-state index contributed by atoms with van der Waals surface area (Å²) in [4.78, 5) is 16.3. The van der Waals surface area contributed by atoms with E-state index in [2.05, 4.69) is 20.5 Å². The predicted molar refractivity (Wildman–Crippen MR) is 94.3 cm³/mol. The van der Waals surface area contributed by atoms with Crippen LogP contribution in [0.2, 0.25) is 0 Å². The molecule has 1 N–H and O–H groups in total. The van der Waals surface area contributed by atoms with E-state index in [9.17, 15) is 4.79 Å². The van der Waals surface area contributed by atoms with E-state index in [4.69, 9.17) is 0 Å². The van der Waals surface area contributed by atoms with Crippen molar-refractivity contribution < 1.29 is 4.79 Å². The maximum atomic E-state index is 12.4. The fraction of sp³-hybridized carbons (Fsp3) is 0.333. The van der Waals surface area contributed by atoms with E-state index in [1.807, 2.05) is 56.8 Å². The SMILES string of the molecule is Cc1nn(C)c(C)c1CC(=O)N[C@H](C)c1ccc(-n2cncn2)cc1. The van der Waals surface area contributed by atoms with Gasteiger partial charge in [0.25, 0.3) is 0 Å². The molecule has 0 saturated heterocycles. The molecule has 2 heterocycles. The van der Waals surface area contributed by atoms with E-state index in [0.717, 1.165) is 28.2 Å². The highest BCUT2D eigenvalue weighted by Crippen LogP contribution is 2.17. The van der Waals surface area contributed by atoms with Crippen LogP contribution in [0.25, 0.3) is 5.69 Å². The minimum Gasteiger partial charge on any atom is -0.349 e. The molecule has 0 aliphatic carbocycles. The fourth-order valence-electron chi connectivity index (χ4n) is 2.87. The summed E-state index contributed by atoms with van der Waals surface area (Å²) in [5.41, 5.74) is 4.89. The van der Waals surface area contributed by atoms with Gasteiger partial charge in [0.1, 0.15) is 12.7 Å². The van der Waals surface area contributed by atoms with Crippen LogP contribution in [0.15, 0.2) is 36.9 Å². The van der Waals surface area contributed by atoms with Crippen LogP contribution in [-0.2, 0) is 18.3 Å². The Morgan fingerprint density at radius 3 is 2.52 bits per heavy atom. The van der Waals surface area contributed by atoms with Crippen LogP contribution in [0.1, 0.15) is 35.5 Å². The molecule has 0 bridgehead atoms. The first-order valence-corrected chi connectivity index (χ1v) is 8.19. The molecule has 0 saturated carbocycles. The van der Waals surface area contributed by atoms with Crippen molar-refractivity contribution in [2.75, 3.05) is 0 Å². The third-order valence-electron chi connectivity index (χ3n) is 4.45. The van der Waals surface area contributed by atoms with E-state index in [-0.39, 0.29) is 11.9 Å². The summed E-state index contributed by atoms with van der Waals surface area (Å²) in [6, 6.07) is 7.82. The molecule has 0 spiro atoms. The molecule has 7 nitrogen and oxygen atoms in total. The molecule has 1 amide bonds. The number of rotatable bonds is 5. The van der Waals surface area contributed by atoms with Gasteiger partial charge in [0.15, 0.2) is 0 Å².